The van der Waals surface area contributed by atoms with Crippen LogP contribution in [0.4, 0.5) is 5.82 Å². The highest BCUT2D eigenvalue weighted by molar-refractivity contribution is 5.92. The van der Waals surface area contributed by atoms with Gasteiger partial charge in [0.05, 0.1) is 26.0 Å². The molecule has 0 radical (unpaired) electrons. The minimum atomic E-state index is -0.675. The van der Waals surface area contributed by atoms with Crippen molar-refractivity contribution in [2.75, 3.05) is 19.8 Å². The monoisotopic (exact) mass is 345 g/mol. The summed E-state index contributed by atoms with van der Waals surface area (Å²) in [6.45, 7) is 1.61. The molecule has 0 bridgehead atoms. The number of imidazole rings is 1. The molecule has 0 fully saturated rings. The van der Waals surface area contributed by atoms with Crippen molar-refractivity contribution in [3.05, 3.63) is 42.7 Å². The zero-order valence-electron chi connectivity index (χ0n) is 14.2. The molecule has 0 aliphatic heterocycles. The summed E-state index contributed by atoms with van der Waals surface area (Å²) in [6, 6.07) is 3.36. The smallest absolute Gasteiger partial charge is 0.297 e. The van der Waals surface area contributed by atoms with Crippen LogP contribution in [0.3, 0.4) is 0 Å². The predicted molar refractivity (Wildman–Crippen MR) is 91.6 cm³/mol. The fourth-order valence-electron chi connectivity index (χ4n) is 1.70. The molecule has 1 amide bonds. The lowest BCUT2D eigenvalue weighted by Gasteiger charge is -2.31. The van der Waals surface area contributed by atoms with E-state index in [4.69, 9.17) is 5.73 Å². The van der Waals surface area contributed by atoms with E-state index in [1.54, 1.807) is 39.3 Å². The minimum absolute atomic E-state index is 0.00767. The van der Waals surface area contributed by atoms with Crippen LogP contribution in [0.15, 0.2) is 37.2 Å². The van der Waals surface area contributed by atoms with Gasteiger partial charge in [0.1, 0.15) is 11.8 Å². The molecule has 1 unspecified atom stereocenters. The van der Waals surface area contributed by atoms with Gasteiger partial charge in [-0.25, -0.2) is 19.5 Å². The van der Waals surface area contributed by atoms with E-state index in [-0.39, 0.29) is 10.5 Å². The molecule has 10 heteroatoms. The number of nitrogens with two attached hydrogens (primary N) is 1. The van der Waals surface area contributed by atoms with Crippen molar-refractivity contribution in [2.24, 2.45) is 0 Å². The third-order valence-corrected chi connectivity index (χ3v) is 3.49. The summed E-state index contributed by atoms with van der Waals surface area (Å²) in [4.78, 5) is 29.9. The molecule has 0 aromatic carbocycles. The average Bonchev–Trinajstić information content (AvgIpc) is 3.06. The van der Waals surface area contributed by atoms with Crippen LogP contribution in [0.5, 0.6) is 0 Å². The van der Waals surface area contributed by atoms with E-state index in [2.05, 4.69) is 30.3 Å². The Morgan fingerprint density at radius 3 is 2.72 bits per heavy atom. The number of hydrogen-bond donors (Lipinski definition) is 4. The highest BCUT2D eigenvalue weighted by Gasteiger charge is 2.25. The van der Waals surface area contributed by atoms with Crippen LogP contribution >= 0.6 is 0 Å². The van der Waals surface area contributed by atoms with Gasteiger partial charge in [0.2, 0.25) is 6.23 Å². The van der Waals surface area contributed by atoms with Crippen LogP contribution in [-0.4, -0.2) is 60.8 Å². The van der Waals surface area contributed by atoms with Gasteiger partial charge in [0, 0.05) is 19.3 Å². The summed E-state index contributed by atoms with van der Waals surface area (Å²) < 4.78 is 0.00767. The predicted octanol–water partition coefficient (Wildman–Crippen LogP) is 0.0762. The lowest BCUT2D eigenvalue weighted by Crippen LogP contribution is -2.59. The summed E-state index contributed by atoms with van der Waals surface area (Å²) in [7, 11) is 3.41. The summed E-state index contributed by atoms with van der Waals surface area (Å²) in [6.07, 6.45) is 5.35. The summed E-state index contributed by atoms with van der Waals surface area (Å²) in [5.74, 6) is 0.153. The molecule has 1 atom stereocenters. The van der Waals surface area contributed by atoms with Gasteiger partial charge < -0.3 is 15.8 Å². The van der Waals surface area contributed by atoms with Gasteiger partial charge in [-0.05, 0) is 12.1 Å². The Labute approximate surface area is 144 Å². The number of aromatic nitrogens is 5. The van der Waals surface area contributed by atoms with E-state index in [9.17, 15) is 9.90 Å². The number of hydrogen-bond acceptors (Lipinski definition) is 7. The van der Waals surface area contributed by atoms with Crippen molar-refractivity contribution in [1.82, 2.24) is 30.3 Å². The lowest BCUT2D eigenvalue weighted by atomic mass is 10.3. The van der Waals surface area contributed by atoms with Crippen LogP contribution in [-0.2, 0) is 0 Å². The maximum absolute atomic E-state index is 11.7. The quantitative estimate of drug-likeness (QED) is 0.299. The van der Waals surface area contributed by atoms with E-state index in [0.29, 0.717) is 22.5 Å². The van der Waals surface area contributed by atoms with Crippen molar-refractivity contribution in [3.8, 4) is 0 Å². The first-order valence-electron chi connectivity index (χ1n) is 7.45. The van der Waals surface area contributed by atoms with Gasteiger partial charge in [-0.2, -0.15) is 5.43 Å². The molecule has 0 saturated carbocycles. The van der Waals surface area contributed by atoms with Crippen molar-refractivity contribution in [3.63, 3.8) is 0 Å². The Hall–Kier alpha value is -3.11. The van der Waals surface area contributed by atoms with Gasteiger partial charge in [0.25, 0.3) is 5.91 Å². The number of fused-ring (bicyclic) bond motifs is 1. The van der Waals surface area contributed by atoms with Crippen LogP contribution in [0.1, 0.15) is 17.3 Å². The van der Waals surface area contributed by atoms with Crippen LogP contribution in [0, 0.1) is 0 Å². The Morgan fingerprint density at radius 1 is 1.36 bits per heavy atom. The zero-order chi connectivity index (χ0) is 18.4. The van der Waals surface area contributed by atoms with Crippen LogP contribution in [0.2, 0.25) is 0 Å². The van der Waals surface area contributed by atoms with Gasteiger partial charge in [-0.1, -0.05) is 0 Å². The van der Waals surface area contributed by atoms with E-state index >= 15 is 0 Å². The van der Waals surface area contributed by atoms with Gasteiger partial charge >= 0.3 is 0 Å². The number of anilines is 1. The first kappa shape index (κ1) is 18.2. The van der Waals surface area contributed by atoms with E-state index < -0.39 is 6.23 Å². The van der Waals surface area contributed by atoms with Gasteiger partial charge in [0.15, 0.2) is 11.5 Å². The molecule has 3 aromatic rings. The molecule has 25 heavy (non-hydrogen) atoms. The van der Waals surface area contributed by atoms with Crippen molar-refractivity contribution in [1.29, 1.82) is 0 Å². The summed E-state index contributed by atoms with van der Waals surface area (Å²) in [5, 5.41) is 9.42. The first-order chi connectivity index (χ1) is 11.8. The second-order valence-electron chi connectivity index (χ2n) is 5.71. The van der Waals surface area contributed by atoms with Crippen molar-refractivity contribution >= 4 is 22.9 Å². The minimum Gasteiger partial charge on any atom is -0.382 e. The topological polar surface area (TPSA) is 143 Å². The molecule has 0 aliphatic carbocycles. The van der Waals surface area contributed by atoms with E-state index in [0.717, 1.165) is 0 Å². The number of rotatable bonds is 3. The van der Waals surface area contributed by atoms with Gasteiger partial charge in [-0.15, -0.1) is 0 Å². The Morgan fingerprint density at radius 2 is 2.12 bits per heavy atom. The molecule has 5 N–H and O–H groups in total. The number of aliphatic hydroxyl groups is 1. The molecule has 132 valence electrons. The number of carbonyl (C=O) groups excluding carboxylic acids is 1. The number of quaternary nitrogens is 1. The number of pyridine rings is 1. The molecule has 0 aliphatic rings. The first-order valence-corrected chi connectivity index (χ1v) is 7.45. The summed E-state index contributed by atoms with van der Waals surface area (Å²) in [5.41, 5.74) is 9.92. The number of aliphatic hydroxyl groups excluding tert-OH is 1. The number of H-pyrrole nitrogens is 1. The fourth-order valence-corrected chi connectivity index (χ4v) is 1.70. The normalized spacial score (nSPS) is 12.2. The Kier molecular flexibility index (Phi) is 5.57. The maximum Gasteiger partial charge on any atom is 0.297 e. The molecule has 3 rings (SSSR count). The van der Waals surface area contributed by atoms with E-state index in [1.807, 2.05) is 0 Å². The lowest BCUT2D eigenvalue weighted by molar-refractivity contribution is -0.966. The largest absolute Gasteiger partial charge is 0.382 e. The number of amides is 1. The molecular formula is C15H21N8O2+. The van der Waals surface area contributed by atoms with Gasteiger partial charge in [-0.3, -0.25) is 9.78 Å². The SMILES string of the molecule is CC(O)[N+](C)(C)NC(=O)c1cccnc1.Nc1ncnc2[nH]cnc12. The number of aromatic amines is 1. The fraction of sp³-hybridized carbons (Fsp3) is 0.267. The van der Waals surface area contributed by atoms with Crippen molar-refractivity contribution < 1.29 is 14.5 Å². The number of nitrogens with zero attached hydrogens (tertiary/aromatic N) is 5. The second kappa shape index (κ2) is 7.64. The molecule has 3 heterocycles. The summed E-state index contributed by atoms with van der Waals surface area (Å²) >= 11 is 0. The Bertz CT molecular complexity index is 832. The third-order valence-electron chi connectivity index (χ3n) is 3.49. The average molecular weight is 345 g/mol. The standard InChI is InChI=1S/C10H15N3O2.C5H5N5/c1-8(14)13(2,3)12-10(15)9-5-4-6-11-7-9;6-4-3-5(9-1-7-3)10-2-8-4/h4-8,14H,1-3H3;1-2H,(H3,6,7,8,9,10)/p+1. The molecular weight excluding hydrogens is 324 g/mol. The second-order valence-corrected chi connectivity index (χ2v) is 5.71. The number of carbonyl (C=O) groups is 1. The zero-order valence-corrected chi connectivity index (χ0v) is 14.2. The molecule has 0 spiro atoms. The molecule has 0 saturated heterocycles. The maximum atomic E-state index is 11.7. The third kappa shape index (κ3) is 4.68. The molecule has 10 nitrogen and oxygen atoms in total. The number of nitrogen functional groups attached to an aromatic ring is 1. The highest BCUT2D eigenvalue weighted by Crippen LogP contribution is 2.09. The van der Waals surface area contributed by atoms with Crippen LogP contribution < -0.4 is 11.2 Å². The number of nitrogens with one attached hydrogen (secondary N) is 2. The highest BCUT2D eigenvalue weighted by atomic mass is 16.3. The van der Waals surface area contributed by atoms with Crippen LogP contribution in [0.25, 0.3) is 11.2 Å². The Balaban J connectivity index is 0.000000194. The van der Waals surface area contributed by atoms with E-state index in [1.165, 1.54) is 18.9 Å². The van der Waals surface area contributed by atoms with Crippen molar-refractivity contribution in [2.45, 2.75) is 13.2 Å². The molecule has 3 aromatic heterocycles.